The van der Waals surface area contributed by atoms with Gasteiger partial charge in [0.15, 0.2) is 0 Å². The van der Waals surface area contributed by atoms with Gasteiger partial charge in [-0.15, -0.1) is 4.39 Å². The van der Waals surface area contributed by atoms with Crippen LogP contribution in [0, 0.1) is 0 Å². The van der Waals surface area contributed by atoms with Crippen LogP contribution in [0.1, 0.15) is 0 Å². The van der Waals surface area contributed by atoms with Crippen LogP contribution in [0.2, 0.25) is 0 Å². The van der Waals surface area contributed by atoms with Gasteiger partial charge in [-0.25, -0.2) is 4.79 Å². The van der Waals surface area contributed by atoms with Crippen molar-refractivity contribution in [3.05, 3.63) is 0 Å². The Balaban J connectivity index is 2.85. The fourth-order valence-corrected chi connectivity index (χ4v) is 0. The lowest BCUT2D eigenvalue weighted by molar-refractivity contribution is 0.229. The summed E-state index contributed by atoms with van der Waals surface area (Å²) in [5.74, 6) is 0. The molecule has 0 radical (unpaired) electrons. The van der Waals surface area contributed by atoms with E-state index >= 15 is 0 Å². The van der Waals surface area contributed by atoms with Crippen LogP contribution in [-0.2, 0) is 0 Å². The van der Waals surface area contributed by atoms with Gasteiger partial charge in [0.05, 0.1) is 22.9 Å². The molecule has 0 atom stereocenters. The highest BCUT2D eigenvalue weighted by atomic mass is 127. The fraction of sp³-hybridized carbons (Fsp3) is 0. The minimum Gasteiger partial charge on any atom is -0.270 e. The van der Waals surface area contributed by atoms with Crippen molar-refractivity contribution in [3.63, 3.8) is 0 Å². The zero-order valence-electron chi connectivity index (χ0n) is 2.16. The molecule has 30 valence electrons. The van der Waals surface area contributed by atoms with Gasteiger partial charge in [-0.3, -0.25) is 3.53 Å². The molecule has 0 saturated carbocycles. The summed E-state index contributed by atoms with van der Waals surface area (Å²) in [6.07, 6.45) is -1.51. The summed E-state index contributed by atoms with van der Waals surface area (Å²) >= 11 is 1.40. The van der Waals surface area contributed by atoms with Gasteiger partial charge in [0.25, 0.3) is 0 Å². The van der Waals surface area contributed by atoms with E-state index in [4.69, 9.17) is 4.79 Å². The van der Waals surface area contributed by atoms with Crippen molar-refractivity contribution in [1.82, 2.24) is 3.53 Å². The normalized spacial score (nSPS) is 6.80. The lowest BCUT2D eigenvalue weighted by Gasteiger charge is -1.71. The molecular weight excluding hydrogens is 188 g/mol. The monoisotopic (exact) mass is 189 g/mol. The summed E-state index contributed by atoms with van der Waals surface area (Å²) < 4.78 is 12.4. The van der Waals surface area contributed by atoms with Crippen molar-refractivity contribution in [2.24, 2.45) is 0 Å². The summed E-state index contributed by atoms with van der Waals surface area (Å²) in [4.78, 5) is 9.03. The Hall–Kier alpha value is 0.130. The number of hydrogen-bond acceptors (Lipinski definition) is 1. The van der Waals surface area contributed by atoms with E-state index in [2.05, 4.69) is 0 Å². The minimum absolute atomic E-state index is 1.40. The number of halogens is 2. The van der Waals surface area contributed by atoms with Crippen molar-refractivity contribution in [1.29, 1.82) is 0 Å². The molecule has 0 spiro atoms. The number of rotatable bonds is 0. The molecule has 0 aromatic rings. The molecule has 5 heavy (non-hydrogen) atoms. The van der Waals surface area contributed by atoms with Crippen LogP contribution < -0.4 is 3.53 Å². The van der Waals surface area contributed by atoms with Gasteiger partial charge in [-0.2, -0.15) is 0 Å². The number of hydrogen-bond donors (Lipinski definition) is 1. The van der Waals surface area contributed by atoms with Gasteiger partial charge >= 0.3 is 6.16 Å². The van der Waals surface area contributed by atoms with Gasteiger partial charge < -0.3 is 0 Å². The van der Waals surface area contributed by atoms with E-state index in [1.807, 2.05) is 0 Å². The Morgan fingerprint density at radius 2 is 2.20 bits per heavy atom. The Kier molecular flexibility index (Phi) is 2.43. The molecule has 0 aliphatic heterocycles. The second-order valence-electron chi connectivity index (χ2n) is 0.368. The molecule has 2 nitrogen and oxygen atoms in total. The Labute approximate surface area is 42.2 Å². The number of carbonyl (C=O) groups is 1. The van der Waals surface area contributed by atoms with Crippen LogP contribution in [0.15, 0.2) is 0 Å². The lowest BCUT2D eigenvalue weighted by Crippen LogP contribution is -1.98. The highest BCUT2D eigenvalue weighted by molar-refractivity contribution is 14.1. The van der Waals surface area contributed by atoms with Gasteiger partial charge in [-0.05, 0) is 0 Å². The molecule has 0 rings (SSSR count). The number of carbonyl (C=O) groups excluding carboxylic acids is 1. The van der Waals surface area contributed by atoms with E-state index in [0.29, 0.717) is 0 Å². The number of amides is 1. The molecule has 0 fully saturated rings. The first-order chi connectivity index (χ1) is 2.27. The van der Waals surface area contributed by atoms with Crippen molar-refractivity contribution in [2.75, 3.05) is 0 Å². The van der Waals surface area contributed by atoms with Crippen LogP contribution in [0.3, 0.4) is 0 Å². The predicted molar refractivity (Wildman–Crippen MR) is 23.7 cm³/mol. The van der Waals surface area contributed by atoms with Gasteiger partial charge in [-0.1, -0.05) is 0 Å². The maximum Gasteiger partial charge on any atom is 0.406 e. The third-order valence-corrected chi connectivity index (χ3v) is 0.498. The number of nitrogens with one attached hydrogen (secondary N) is 1. The molecule has 1 amide bonds. The quantitative estimate of drug-likeness (QED) is 0.262. The first-order valence-electron chi connectivity index (χ1n) is 0.832. The van der Waals surface area contributed by atoms with E-state index < -0.39 is 6.16 Å². The molecule has 0 bridgehead atoms. The molecular formula is CHFINO. The average Bonchev–Trinajstić information content (AvgIpc) is 1.38. The smallest absolute Gasteiger partial charge is 0.270 e. The van der Waals surface area contributed by atoms with E-state index in [1.165, 1.54) is 22.9 Å². The molecule has 4 heteroatoms. The molecule has 1 N–H and O–H groups in total. The molecule has 0 saturated heterocycles. The van der Waals surface area contributed by atoms with E-state index in [1.54, 1.807) is 3.53 Å². The largest absolute Gasteiger partial charge is 0.406 e. The first kappa shape index (κ1) is 5.13. The highest BCUT2D eigenvalue weighted by Crippen LogP contribution is 1.72. The zero-order valence-corrected chi connectivity index (χ0v) is 4.32. The standard InChI is InChI=1S/CHFINO/c2-1(5)4-3/h(H,4,5). The average molecular weight is 189 g/mol. The van der Waals surface area contributed by atoms with Gasteiger partial charge in [0, 0.05) is 0 Å². The lowest BCUT2D eigenvalue weighted by atomic mass is 11.4. The molecule has 0 aliphatic carbocycles. The molecule has 0 aromatic carbocycles. The summed E-state index contributed by atoms with van der Waals surface area (Å²) in [5.41, 5.74) is 0. The highest BCUT2D eigenvalue weighted by Gasteiger charge is 1.82. The Morgan fingerprint density at radius 1 is 2.00 bits per heavy atom. The maximum absolute atomic E-state index is 10.7. The predicted octanol–water partition coefficient (Wildman–Crippen LogP) is 1.02. The first-order valence-corrected chi connectivity index (χ1v) is 1.91. The molecule has 0 heterocycles. The van der Waals surface area contributed by atoms with Crippen molar-refractivity contribution in [2.45, 2.75) is 0 Å². The van der Waals surface area contributed by atoms with Gasteiger partial charge in [0.2, 0.25) is 0 Å². The minimum atomic E-state index is -1.51. The van der Waals surface area contributed by atoms with Crippen LogP contribution in [0.4, 0.5) is 9.18 Å². The zero-order chi connectivity index (χ0) is 4.28. The van der Waals surface area contributed by atoms with E-state index in [-0.39, 0.29) is 0 Å². The summed E-state index contributed by atoms with van der Waals surface area (Å²) in [6, 6.07) is 0. The second-order valence-corrected chi connectivity index (χ2v) is 0.908. The van der Waals surface area contributed by atoms with Crippen molar-refractivity contribution in [3.8, 4) is 0 Å². The van der Waals surface area contributed by atoms with Crippen LogP contribution >= 0.6 is 22.9 Å². The Morgan fingerprint density at radius 3 is 2.20 bits per heavy atom. The molecule has 0 unspecified atom stereocenters. The van der Waals surface area contributed by atoms with E-state index in [9.17, 15) is 4.39 Å². The van der Waals surface area contributed by atoms with Gasteiger partial charge in [0.1, 0.15) is 0 Å². The maximum atomic E-state index is 10.7. The third-order valence-electron chi connectivity index (χ3n) is 0.0743. The van der Waals surface area contributed by atoms with Crippen molar-refractivity contribution < 1.29 is 9.18 Å². The van der Waals surface area contributed by atoms with Crippen molar-refractivity contribution >= 4 is 29.0 Å². The Bertz CT molecular complexity index is 46.9. The topological polar surface area (TPSA) is 29.1 Å². The van der Waals surface area contributed by atoms with Crippen LogP contribution in [0.5, 0.6) is 0 Å². The third kappa shape index (κ3) is 4.13. The SMILES string of the molecule is O=C(F)NI. The van der Waals surface area contributed by atoms with Crippen LogP contribution in [-0.4, -0.2) is 6.16 Å². The fourth-order valence-electron chi connectivity index (χ4n) is 0. The van der Waals surface area contributed by atoms with E-state index in [0.717, 1.165) is 0 Å². The second kappa shape index (κ2) is 2.37. The molecule has 0 aromatic heterocycles. The molecule has 0 aliphatic rings. The summed E-state index contributed by atoms with van der Waals surface area (Å²) in [6.45, 7) is 0. The summed E-state index contributed by atoms with van der Waals surface area (Å²) in [7, 11) is 0. The summed E-state index contributed by atoms with van der Waals surface area (Å²) in [5, 5.41) is 0. The van der Waals surface area contributed by atoms with Crippen LogP contribution in [0.25, 0.3) is 0 Å².